The molecule has 4 aromatic rings. The lowest BCUT2D eigenvalue weighted by Crippen LogP contribution is -2.22. The van der Waals surface area contributed by atoms with E-state index in [1.165, 1.54) is 0 Å². The number of pyridine rings is 1. The fraction of sp³-hybridized carbons (Fsp3) is 0.182. The molecule has 6 heteroatoms. The average molecular weight is 395 g/mol. The third-order valence-corrected chi connectivity index (χ3v) is 4.47. The lowest BCUT2D eigenvalue weighted by molar-refractivity contribution is 0.0925. The first kappa shape index (κ1) is 18.3. The third kappa shape index (κ3) is 3.94. The molecule has 0 spiro atoms. The molecule has 0 unspecified atom stereocenters. The van der Waals surface area contributed by atoms with Gasteiger partial charge in [-0.25, -0.2) is 4.98 Å². The smallest absolute Gasteiger partial charge is 0.287 e. The van der Waals surface area contributed by atoms with Crippen LogP contribution in [0.2, 0.25) is 5.02 Å². The molecule has 2 aromatic heterocycles. The van der Waals surface area contributed by atoms with E-state index in [0.717, 1.165) is 27.6 Å². The van der Waals surface area contributed by atoms with Gasteiger partial charge in [-0.3, -0.25) is 4.79 Å². The molecule has 0 radical (unpaired) electrons. The van der Waals surface area contributed by atoms with E-state index in [4.69, 9.17) is 20.8 Å². The number of nitrogens with one attached hydrogen (secondary N) is 1. The molecule has 5 nitrogen and oxygen atoms in total. The summed E-state index contributed by atoms with van der Waals surface area (Å²) in [5, 5.41) is 5.18. The van der Waals surface area contributed by atoms with Crippen LogP contribution in [0.5, 0.6) is 5.75 Å². The Morgan fingerprint density at radius 3 is 2.64 bits per heavy atom. The normalized spacial score (nSPS) is 11.3. The van der Waals surface area contributed by atoms with Gasteiger partial charge in [0.1, 0.15) is 5.75 Å². The number of furan rings is 1. The SMILES string of the molecule is CC(C)Oc1ccc(CNC(=O)c2cc3cc4ccc(Cl)cc4nc3o2)cc1. The molecule has 0 aliphatic heterocycles. The molecule has 0 fully saturated rings. The molecule has 2 aromatic carbocycles. The summed E-state index contributed by atoms with van der Waals surface area (Å²) in [5.74, 6) is 0.742. The van der Waals surface area contributed by atoms with Gasteiger partial charge in [0.15, 0.2) is 5.76 Å². The number of amides is 1. The number of nitrogens with zero attached hydrogens (tertiary/aromatic N) is 1. The number of aromatic nitrogens is 1. The molecular weight excluding hydrogens is 376 g/mol. The van der Waals surface area contributed by atoms with E-state index in [9.17, 15) is 4.79 Å². The Labute approximate surface area is 167 Å². The van der Waals surface area contributed by atoms with Crippen molar-refractivity contribution in [1.29, 1.82) is 0 Å². The zero-order valence-corrected chi connectivity index (χ0v) is 16.3. The predicted molar refractivity (Wildman–Crippen MR) is 110 cm³/mol. The summed E-state index contributed by atoms with van der Waals surface area (Å²) in [5.41, 5.74) is 2.11. The maximum Gasteiger partial charge on any atom is 0.287 e. The molecule has 0 aliphatic carbocycles. The molecule has 0 aliphatic rings. The molecule has 0 atom stereocenters. The maximum atomic E-state index is 12.5. The van der Waals surface area contributed by atoms with Crippen LogP contribution < -0.4 is 10.1 Å². The van der Waals surface area contributed by atoms with Crippen LogP contribution in [0.15, 0.2) is 59.0 Å². The first-order valence-corrected chi connectivity index (χ1v) is 9.39. The largest absolute Gasteiger partial charge is 0.491 e. The second-order valence-electron chi connectivity index (χ2n) is 6.82. The zero-order valence-electron chi connectivity index (χ0n) is 15.5. The van der Waals surface area contributed by atoms with Crippen molar-refractivity contribution in [2.45, 2.75) is 26.5 Å². The lowest BCUT2D eigenvalue weighted by atomic mass is 10.2. The standard InChI is InChI=1S/C22H19ClN2O3/c1-13(2)27-18-7-3-14(4-8-18)12-24-21(26)20-10-16-9-15-5-6-17(23)11-19(15)25-22(16)28-20/h3-11,13H,12H2,1-2H3,(H,24,26). The quantitative estimate of drug-likeness (QED) is 0.495. The van der Waals surface area contributed by atoms with Crippen LogP contribution in [0.4, 0.5) is 0 Å². The molecule has 2 heterocycles. The van der Waals surface area contributed by atoms with Crippen LogP contribution >= 0.6 is 11.6 Å². The molecule has 28 heavy (non-hydrogen) atoms. The number of halogens is 1. The summed E-state index contributed by atoms with van der Waals surface area (Å²) in [4.78, 5) is 16.9. The summed E-state index contributed by atoms with van der Waals surface area (Å²) < 4.78 is 11.3. The van der Waals surface area contributed by atoms with E-state index in [2.05, 4.69) is 10.3 Å². The zero-order chi connectivity index (χ0) is 19.7. The average Bonchev–Trinajstić information content (AvgIpc) is 3.08. The fourth-order valence-corrected chi connectivity index (χ4v) is 3.10. The predicted octanol–water partition coefficient (Wildman–Crippen LogP) is 5.35. The van der Waals surface area contributed by atoms with Gasteiger partial charge in [0.25, 0.3) is 5.91 Å². The van der Waals surface area contributed by atoms with Crippen molar-refractivity contribution >= 4 is 39.5 Å². The number of ether oxygens (including phenoxy) is 1. The number of hydrogen-bond acceptors (Lipinski definition) is 4. The monoisotopic (exact) mass is 394 g/mol. The maximum absolute atomic E-state index is 12.5. The molecule has 0 saturated heterocycles. The van der Waals surface area contributed by atoms with Crippen molar-refractivity contribution in [3.8, 4) is 5.75 Å². The summed E-state index contributed by atoms with van der Waals surface area (Å²) in [6, 6.07) is 16.7. The topological polar surface area (TPSA) is 64.4 Å². The van der Waals surface area contributed by atoms with Gasteiger partial charge in [-0.1, -0.05) is 29.8 Å². The lowest BCUT2D eigenvalue weighted by Gasteiger charge is -2.10. The number of fused-ring (bicyclic) bond motifs is 2. The highest BCUT2D eigenvalue weighted by Crippen LogP contribution is 2.25. The highest BCUT2D eigenvalue weighted by atomic mass is 35.5. The van der Waals surface area contributed by atoms with Crippen LogP contribution in [-0.2, 0) is 6.54 Å². The number of carbonyl (C=O) groups excluding carboxylic acids is 1. The Kier molecular flexibility index (Phi) is 4.92. The van der Waals surface area contributed by atoms with Gasteiger partial charge in [0.2, 0.25) is 5.71 Å². The summed E-state index contributed by atoms with van der Waals surface area (Å²) in [7, 11) is 0. The minimum atomic E-state index is -0.289. The van der Waals surface area contributed by atoms with Crippen molar-refractivity contribution < 1.29 is 13.9 Å². The van der Waals surface area contributed by atoms with Crippen molar-refractivity contribution in [2.24, 2.45) is 0 Å². The second kappa shape index (κ2) is 7.52. The summed E-state index contributed by atoms with van der Waals surface area (Å²) >= 11 is 6.02. The van der Waals surface area contributed by atoms with Crippen molar-refractivity contribution in [3.05, 3.63) is 70.9 Å². The van der Waals surface area contributed by atoms with E-state index in [0.29, 0.717) is 17.3 Å². The second-order valence-corrected chi connectivity index (χ2v) is 7.26. The Morgan fingerprint density at radius 2 is 1.89 bits per heavy atom. The Hall–Kier alpha value is -3.05. The summed E-state index contributed by atoms with van der Waals surface area (Å²) in [6.45, 7) is 4.35. The van der Waals surface area contributed by atoms with Crippen LogP contribution in [0.1, 0.15) is 30.0 Å². The van der Waals surface area contributed by atoms with Crippen LogP contribution in [0.3, 0.4) is 0 Å². The van der Waals surface area contributed by atoms with Gasteiger partial charge in [0.05, 0.1) is 11.6 Å². The van der Waals surface area contributed by atoms with Crippen molar-refractivity contribution in [3.63, 3.8) is 0 Å². The van der Waals surface area contributed by atoms with Gasteiger partial charge in [-0.05, 0) is 55.8 Å². The van der Waals surface area contributed by atoms with Gasteiger partial charge >= 0.3 is 0 Å². The molecule has 4 rings (SSSR count). The van der Waals surface area contributed by atoms with Crippen LogP contribution in [0.25, 0.3) is 22.0 Å². The molecular formula is C22H19ClN2O3. The molecule has 1 amide bonds. The Morgan fingerprint density at radius 1 is 1.11 bits per heavy atom. The van der Waals surface area contributed by atoms with E-state index in [1.807, 2.05) is 56.3 Å². The molecule has 0 saturated carbocycles. The fourth-order valence-electron chi connectivity index (χ4n) is 2.94. The van der Waals surface area contributed by atoms with Gasteiger partial charge < -0.3 is 14.5 Å². The number of rotatable bonds is 5. The van der Waals surface area contributed by atoms with E-state index in [1.54, 1.807) is 12.1 Å². The van der Waals surface area contributed by atoms with E-state index in [-0.39, 0.29) is 17.8 Å². The first-order chi connectivity index (χ1) is 13.5. The summed E-state index contributed by atoms with van der Waals surface area (Å²) in [6.07, 6.45) is 0.125. The van der Waals surface area contributed by atoms with Crippen molar-refractivity contribution in [2.75, 3.05) is 0 Å². The Balaban J connectivity index is 1.48. The molecule has 0 bridgehead atoms. The third-order valence-electron chi connectivity index (χ3n) is 4.24. The highest BCUT2D eigenvalue weighted by Gasteiger charge is 2.14. The van der Waals surface area contributed by atoms with Gasteiger partial charge in [0, 0.05) is 22.3 Å². The number of hydrogen-bond donors (Lipinski definition) is 1. The van der Waals surface area contributed by atoms with E-state index < -0.39 is 0 Å². The molecule has 1 N–H and O–H groups in total. The first-order valence-electron chi connectivity index (χ1n) is 9.01. The minimum Gasteiger partial charge on any atom is -0.491 e. The van der Waals surface area contributed by atoms with Crippen LogP contribution in [0, 0.1) is 0 Å². The molecule has 142 valence electrons. The van der Waals surface area contributed by atoms with E-state index >= 15 is 0 Å². The van der Waals surface area contributed by atoms with Gasteiger partial charge in [-0.15, -0.1) is 0 Å². The van der Waals surface area contributed by atoms with Crippen molar-refractivity contribution in [1.82, 2.24) is 10.3 Å². The highest BCUT2D eigenvalue weighted by molar-refractivity contribution is 6.31. The number of carbonyl (C=O) groups is 1. The Bertz CT molecular complexity index is 1150. The van der Waals surface area contributed by atoms with Gasteiger partial charge in [-0.2, -0.15) is 0 Å². The number of benzene rings is 2. The minimum absolute atomic E-state index is 0.125. The van der Waals surface area contributed by atoms with Crippen LogP contribution in [-0.4, -0.2) is 17.0 Å².